The molecule has 0 N–H and O–H groups in total. The van der Waals surface area contributed by atoms with Gasteiger partial charge in [-0.2, -0.15) is 0 Å². The zero-order valence-electron chi connectivity index (χ0n) is 10.5. The first kappa shape index (κ1) is 12.6. The number of pyridine rings is 1. The Morgan fingerprint density at radius 3 is 2.71 bits per heavy atom. The van der Waals surface area contributed by atoms with Gasteiger partial charge in [0.25, 0.3) is 0 Å². The standard InChI is InChI=1S/C15H20ClN/c1-12-7-8-13(11-17-12)9-15(10-16)14-5-3-2-4-6-14/h7-9,11,14H,2-6,10H2,1H3/b15-9-. The normalized spacial score (nSPS) is 18.4. The van der Waals surface area contributed by atoms with Crippen molar-refractivity contribution in [3.05, 3.63) is 35.2 Å². The van der Waals surface area contributed by atoms with Crippen LogP contribution in [-0.4, -0.2) is 10.9 Å². The molecule has 0 radical (unpaired) electrons. The Bertz CT molecular complexity index is 374. The number of alkyl halides is 1. The lowest BCUT2D eigenvalue weighted by Gasteiger charge is -2.23. The summed E-state index contributed by atoms with van der Waals surface area (Å²) >= 11 is 6.09. The van der Waals surface area contributed by atoms with Crippen molar-refractivity contribution >= 4 is 17.7 Å². The predicted octanol–water partition coefficient (Wildman–Crippen LogP) is 4.59. The van der Waals surface area contributed by atoms with Crippen molar-refractivity contribution in [3.8, 4) is 0 Å². The number of halogens is 1. The van der Waals surface area contributed by atoms with E-state index in [-0.39, 0.29) is 0 Å². The van der Waals surface area contributed by atoms with E-state index >= 15 is 0 Å². The molecule has 1 fully saturated rings. The molecular formula is C15H20ClN. The Balaban J connectivity index is 2.13. The van der Waals surface area contributed by atoms with Crippen molar-refractivity contribution < 1.29 is 0 Å². The van der Waals surface area contributed by atoms with E-state index in [1.54, 1.807) is 0 Å². The van der Waals surface area contributed by atoms with Crippen LogP contribution in [0, 0.1) is 12.8 Å². The monoisotopic (exact) mass is 249 g/mol. The number of hydrogen-bond acceptors (Lipinski definition) is 1. The molecule has 17 heavy (non-hydrogen) atoms. The molecule has 0 saturated heterocycles. The predicted molar refractivity (Wildman–Crippen MR) is 74.2 cm³/mol. The SMILES string of the molecule is Cc1ccc(/C=C(/CCl)C2CCCCC2)cn1. The first-order valence-corrected chi connectivity index (χ1v) is 7.02. The molecule has 92 valence electrons. The lowest BCUT2D eigenvalue weighted by Crippen LogP contribution is -2.10. The number of rotatable bonds is 3. The summed E-state index contributed by atoms with van der Waals surface area (Å²) in [7, 11) is 0. The Kier molecular flexibility index (Phi) is 4.61. The number of aromatic nitrogens is 1. The summed E-state index contributed by atoms with van der Waals surface area (Å²) in [5, 5.41) is 0. The van der Waals surface area contributed by atoms with Gasteiger partial charge in [-0.25, -0.2) is 0 Å². The molecule has 1 aliphatic carbocycles. The Labute approximate surface area is 109 Å². The van der Waals surface area contributed by atoms with Crippen LogP contribution in [0.1, 0.15) is 43.4 Å². The summed E-state index contributed by atoms with van der Waals surface area (Å²) in [6.07, 6.45) is 10.9. The van der Waals surface area contributed by atoms with Gasteiger partial charge in [0.1, 0.15) is 0 Å². The molecule has 0 aliphatic heterocycles. The lowest BCUT2D eigenvalue weighted by atomic mass is 9.84. The van der Waals surface area contributed by atoms with E-state index in [1.165, 1.54) is 43.2 Å². The average Bonchev–Trinajstić information content (AvgIpc) is 2.39. The van der Waals surface area contributed by atoms with E-state index in [4.69, 9.17) is 11.6 Å². The van der Waals surface area contributed by atoms with Crippen LogP contribution in [0.4, 0.5) is 0 Å². The molecule has 0 unspecified atom stereocenters. The third-order valence-corrected chi connectivity index (χ3v) is 3.88. The lowest BCUT2D eigenvalue weighted by molar-refractivity contribution is 0.405. The average molecular weight is 250 g/mol. The third-order valence-electron chi connectivity index (χ3n) is 3.57. The number of allylic oxidation sites excluding steroid dienone is 1. The van der Waals surface area contributed by atoms with E-state index in [2.05, 4.69) is 23.2 Å². The second-order valence-corrected chi connectivity index (χ2v) is 5.19. The molecule has 1 aromatic rings. The molecule has 0 bridgehead atoms. The highest BCUT2D eigenvalue weighted by Gasteiger charge is 2.16. The second-order valence-electron chi connectivity index (χ2n) is 4.92. The summed E-state index contributed by atoms with van der Waals surface area (Å²) in [4.78, 5) is 4.32. The highest BCUT2D eigenvalue weighted by molar-refractivity contribution is 6.19. The summed E-state index contributed by atoms with van der Waals surface area (Å²) in [5.74, 6) is 1.35. The molecule has 0 atom stereocenters. The van der Waals surface area contributed by atoms with Crippen LogP contribution in [0.15, 0.2) is 23.9 Å². The van der Waals surface area contributed by atoms with E-state index < -0.39 is 0 Å². The number of aryl methyl sites for hydroxylation is 1. The van der Waals surface area contributed by atoms with Crippen LogP contribution < -0.4 is 0 Å². The molecule has 1 aliphatic rings. The van der Waals surface area contributed by atoms with Crippen molar-refractivity contribution in [2.75, 3.05) is 5.88 Å². The molecule has 2 heteroatoms. The quantitative estimate of drug-likeness (QED) is 0.714. The van der Waals surface area contributed by atoms with Gasteiger partial charge in [0.15, 0.2) is 0 Å². The summed E-state index contributed by atoms with van der Waals surface area (Å²) in [6, 6.07) is 4.18. The van der Waals surface area contributed by atoms with Gasteiger partial charge in [-0.05, 0) is 37.3 Å². The Hall–Kier alpha value is -0.820. The minimum atomic E-state index is 0.651. The Morgan fingerprint density at radius 2 is 2.12 bits per heavy atom. The molecule has 0 aromatic carbocycles. The summed E-state index contributed by atoms with van der Waals surface area (Å²) in [5.41, 5.74) is 3.63. The van der Waals surface area contributed by atoms with Crippen LogP contribution in [0.3, 0.4) is 0 Å². The smallest absolute Gasteiger partial charge is 0.0439 e. The largest absolute Gasteiger partial charge is 0.261 e. The minimum absolute atomic E-state index is 0.651. The van der Waals surface area contributed by atoms with Crippen LogP contribution in [0.25, 0.3) is 6.08 Å². The van der Waals surface area contributed by atoms with Gasteiger partial charge in [0, 0.05) is 17.8 Å². The molecule has 1 nitrogen and oxygen atoms in total. The van der Waals surface area contributed by atoms with Crippen LogP contribution in [0.2, 0.25) is 0 Å². The minimum Gasteiger partial charge on any atom is -0.261 e. The number of hydrogen-bond donors (Lipinski definition) is 0. The van der Waals surface area contributed by atoms with Crippen molar-refractivity contribution in [1.82, 2.24) is 4.98 Å². The fourth-order valence-corrected chi connectivity index (χ4v) is 2.81. The van der Waals surface area contributed by atoms with Crippen LogP contribution in [-0.2, 0) is 0 Å². The highest BCUT2D eigenvalue weighted by atomic mass is 35.5. The molecular weight excluding hydrogens is 230 g/mol. The maximum Gasteiger partial charge on any atom is 0.0439 e. The van der Waals surface area contributed by atoms with E-state index in [9.17, 15) is 0 Å². The molecule has 1 heterocycles. The Morgan fingerprint density at radius 1 is 1.35 bits per heavy atom. The molecule has 2 rings (SSSR count). The van der Waals surface area contributed by atoms with Gasteiger partial charge in [0.05, 0.1) is 0 Å². The van der Waals surface area contributed by atoms with E-state index in [0.29, 0.717) is 11.8 Å². The van der Waals surface area contributed by atoms with Crippen molar-refractivity contribution in [3.63, 3.8) is 0 Å². The first-order valence-electron chi connectivity index (χ1n) is 6.48. The molecule has 1 aromatic heterocycles. The zero-order valence-corrected chi connectivity index (χ0v) is 11.2. The van der Waals surface area contributed by atoms with Crippen molar-refractivity contribution in [2.24, 2.45) is 5.92 Å². The van der Waals surface area contributed by atoms with E-state index in [0.717, 1.165) is 5.69 Å². The fraction of sp³-hybridized carbons (Fsp3) is 0.533. The highest BCUT2D eigenvalue weighted by Crippen LogP contribution is 2.31. The van der Waals surface area contributed by atoms with Gasteiger partial charge >= 0.3 is 0 Å². The topological polar surface area (TPSA) is 12.9 Å². The maximum absolute atomic E-state index is 6.09. The summed E-state index contributed by atoms with van der Waals surface area (Å²) < 4.78 is 0. The molecule has 1 saturated carbocycles. The first-order chi connectivity index (χ1) is 8.29. The van der Waals surface area contributed by atoms with Crippen molar-refractivity contribution in [2.45, 2.75) is 39.0 Å². The van der Waals surface area contributed by atoms with Crippen LogP contribution >= 0.6 is 11.6 Å². The number of nitrogens with zero attached hydrogens (tertiary/aromatic N) is 1. The zero-order chi connectivity index (χ0) is 12.1. The van der Waals surface area contributed by atoms with Gasteiger partial charge in [-0.1, -0.05) is 37.0 Å². The van der Waals surface area contributed by atoms with Gasteiger partial charge in [0.2, 0.25) is 0 Å². The third kappa shape index (κ3) is 3.57. The molecule has 0 amide bonds. The van der Waals surface area contributed by atoms with Crippen LogP contribution in [0.5, 0.6) is 0 Å². The van der Waals surface area contributed by atoms with Crippen molar-refractivity contribution in [1.29, 1.82) is 0 Å². The maximum atomic E-state index is 6.09. The van der Waals surface area contributed by atoms with E-state index in [1.807, 2.05) is 13.1 Å². The summed E-state index contributed by atoms with van der Waals surface area (Å²) in [6.45, 7) is 2.01. The fourth-order valence-electron chi connectivity index (χ4n) is 2.52. The van der Waals surface area contributed by atoms with Gasteiger partial charge < -0.3 is 0 Å². The second kappa shape index (κ2) is 6.20. The molecule has 0 spiro atoms. The van der Waals surface area contributed by atoms with Gasteiger partial charge in [-0.3, -0.25) is 4.98 Å². The van der Waals surface area contributed by atoms with Gasteiger partial charge in [-0.15, -0.1) is 11.6 Å².